The van der Waals surface area contributed by atoms with Gasteiger partial charge in [-0.2, -0.15) is 0 Å². The van der Waals surface area contributed by atoms with Gasteiger partial charge in [-0.25, -0.2) is 4.39 Å². The molecule has 1 aromatic rings. The molecule has 0 spiro atoms. The Labute approximate surface area is 121 Å². The van der Waals surface area contributed by atoms with E-state index in [2.05, 4.69) is 21.2 Å². The van der Waals surface area contributed by atoms with Crippen LogP contribution in [0.4, 0.5) is 4.39 Å². The van der Waals surface area contributed by atoms with Gasteiger partial charge in [0, 0.05) is 30.8 Å². The van der Waals surface area contributed by atoms with Gasteiger partial charge in [0.25, 0.3) is 0 Å². The van der Waals surface area contributed by atoms with E-state index in [1.54, 1.807) is 6.07 Å². The second-order valence-corrected chi connectivity index (χ2v) is 5.74. The molecule has 0 bridgehead atoms. The van der Waals surface area contributed by atoms with Crippen LogP contribution < -0.4 is 5.32 Å². The van der Waals surface area contributed by atoms with Crippen molar-refractivity contribution in [3.8, 4) is 0 Å². The minimum Gasteiger partial charge on any atom is -0.392 e. The van der Waals surface area contributed by atoms with Gasteiger partial charge < -0.3 is 15.2 Å². The van der Waals surface area contributed by atoms with Crippen molar-refractivity contribution >= 4 is 15.9 Å². The maximum absolute atomic E-state index is 13.1. The van der Waals surface area contributed by atoms with Crippen molar-refractivity contribution < 1.29 is 14.2 Å². The summed E-state index contributed by atoms with van der Waals surface area (Å²) < 4.78 is 19.3. The van der Waals surface area contributed by atoms with Crippen LogP contribution in [0.1, 0.15) is 18.4 Å². The summed E-state index contributed by atoms with van der Waals surface area (Å²) in [6.07, 6.45) is 1.45. The molecule has 2 N–H and O–H groups in total. The third-order valence-corrected chi connectivity index (χ3v) is 4.26. The Morgan fingerprint density at radius 2 is 2.16 bits per heavy atom. The topological polar surface area (TPSA) is 41.5 Å². The molecule has 0 aliphatic carbocycles. The van der Waals surface area contributed by atoms with Gasteiger partial charge in [0.05, 0.1) is 6.10 Å². The molecule has 0 saturated carbocycles. The molecule has 1 heterocycles. The fourth-order valence-electron chi connectivity index (χ4n) is 2.30. The lowest BCUT2D eigenvalue weighted by atomic mass is 9.94. The van der Waals surface area contributed by atoms with Crippen molar-refractivity contribution in [2.75, 3.05) is 19.8 Å². The minimum absolute atomic E-state index is 0.245. The van der Waals surface area contributed by atoms with Crippen LogP contribution in [-0.2, 0) is 11.3 Å². The fraction of sp³-hybridized carbons (Fsp3) is 0.571. The third kappa shape index (κ3) is 4.53. The smallest absolute Gasteiger partial charge is 0.123 e. The van der Waals surface area contributed by atoms with Crippen molar-refractivity contribution in [1.29, 1.82) is 0 Å². The number of halogens is 2. The Hall–Kier alpha value is -0.490. The highest BCUT2D eigenvalue weighted by Gasteiger charge is 2.21. The van der Waals surface area contributed by atoms with E-state index in [1.807, 2.05) is 0 Å². The molecule has 1 aromatic carbocycles. The summed E-state index contributed by atoms with van der Waals surface area (Å²) in [6, 6.07) is 4.61. The molecular weight excluding hydrogens is 313 g/mol. The Balaban J connectivity index is 1.77. The number of aliphatic hydroxyl groups excluding tert-OH is 1. The maximum atomic E-state index is 13.1. The second-order valence-electron chi connectivity index (χ2n) is 4.88. The van der Waals surface area contributed by atoms with Crippen molar-refractivity contribution in [3.63, 3.8) is 0 Å². The highest BCUT2D eigenvalue weighted by Crippen LogP contribution is 2.19. The zero-order valence-corrected chi connectivity index (χ0v) is 12.3. The number of aliphatic hydroxyl groups is 1. The molecule has 1 aliphatic heterocycles. The van der Waals surface area contributed by atoms with Gasteiger partial charge in [-0.3, -0.25) is 0 Å². The van der Waals surface area contributed by atoms with Crippen LogP contribution in [0, 0.1) is 11.7 Å². The first-order valence-electron chi connectivity index (χ1n) is 6.57. The van der Waals surface area contributed by atoms with Crippen molar-refractivity contribution in [1.82, 2.24) is 5.32 Å². The monoisotopic (exact) mass is 331 g/mol. The van der Waals surface area contributed by atoms with E-state index < -0.39 is 0 Å². The number of benzene rings is 1. The first-order chi connectivity index (χ1) is 9.16. The molecule has 1 fully saturated rings. The summed E-state index contributed by atoms with van der Waals surface area (Å²) in [5.74, 6) is 0.0576. The zero-order valence-electron chi connectivity index (χ0n) is 10.7. The third-order valence-electron chi connectivity index (χ3n) is 3.49. The first kappa shape index (κ1) is 14.9. The highest BCUT2D eigenvalue weighted by atomic mass is 79.9. The van der Waals surface area contributed by atoms with Gasteiger partial charge in [-0.1, -0.05) is 15.9 Å². The average Bonchev–Trinajstić information content (AvgIpc) is 2.43. The fourth-order valence-corrected chi connectivity index (χ4v) is 2.69. The molecule has 0 radical (unpaired) electrons. The molecule has 5 heteroatoms. The minimum atomic E-state index is -0.365. The molecule has 1 unspecified atom stereocenters. The lowest BCUT2D eigenvalue weighted by molar-refractivity contribution is 0.00845. The van der Waals surface area contributed by atoms with Crippen molar-refractivity contribution in [2.45, 2.75) is 25.5 Å². The number of hydrogen-bond donors (Lipinski definition) is 2. The first-order valence-corrected chi connectivity index (χ1v) is 7.36. The summed E-state index contributed by atoms with van der Waals surface area (Å²) in [4.78, 5) is 0. The standard InChI is InChI=1S/C14H19BrFNO2/c15-13-2-1-12(16)7-11(13)8-17-9-14(18)10-3-5-19-6-4-10/h1-2,7,10,14,17-18H,3-6,8-9H2. The molecular formula is C14H19BrFNO2. The molecule has 1 saturated heterocycles. The second kappa shape index (κ2) is 7.33. The van der Waals surface area contributed by atoms with E-state index in [4.69, 9.17) is 4.74 Å². The molecule has 3 nitrogen and oxygen atoms in total. The van der Waals surface area contributed by atoms with Crippen molar-refractivity contribution in [2.24, 2.45) is 5.92 Å². The SMILES string of the molecule is OC(CNCc1cc(F)ccc1Br)C1CCOCC1. The number of rotatable bonds is 5. The number of nitrogens with one attached hydrogen (secondary N) is 1. The number of hydrogen-bond acceptors (Lipinski definition) is 3. The van der Waals surface area contributed by atoms with Crippen LogP contribution >= 0.6 is 15.9 Å². The lowest BCUT2D eigenvalue weighted by Gasteiger charge is -2.26. The average molecular weight is 332 g/mol. The molecule has 1 aliphatic rings. The molecule has 0 aromatic heterocycles. The van der Waals surface area contributed by atoms with Gasteiger partial charge in [0.1, 0.15) is 5.82 Å². The summed E-state index contributed by atoms with van der Waals surface area (Å²) in [5, 5.41) is 13.3. The highest BCUT2D eigenvalue weighted by molar-refractivity contribution is 9.10. The van der Waals surface area contributed by atoms with E-state index >= 15 is 0 Å². The molecule has 1 atom stereocenters. The quantitative estimate of drug-likeness (QED) is 0.870. The largest absolute Gasteiger partial charge is 0.392 e. The van der Waals surface area contributed by atoms with E-state index in [1.165, 1.54) is 12.1 Å². The summed E-state index contributed by atoms with van der Waals surface area (Å²) in [5.41, 5.74) is 0.860. The van der Waals surface area contributed by atoms with Crippen LogP contribution in [0.2, 0.25) is 0 Å². The Morgan fingerprint density at radius 3 is 2.89 bits per heavy atom. The van der Waals surface area contributed by atoms with Crippen LogP contribution in [0.15, 0.2) is 22.7 Å². The molecule has 2 rings (SSSR count). The summed E-state index contributed by atoms with van der Waals surface area (Å²) in [7, 11) is 0. The summed E-state index contributed by atoms with van der Waals surface area (Å²) in [6.45, 7) is 2.53. The molecule has 19 heavy (non-hydrogen) atoms. The zero-order chi connectivity index (χ0) is 13.7. The van der Waals surface area contributed by atoms with Gasteiger partial charge in [0.2, 0.25) is 0 Å². The van der Waals surface area contributed by atoms with Gasteiger partial charge in [-0.05, 0) is 42.5 Å². The van der Waals surface area contributed by atoms with Gasteiger partial charge >= 0.3 is 0 Å². The van der Waals surface area contributed by atoms with E-state index in [0.29, 0.717) is 19.0 Å². The van der Waals surface area contributed by atoms with Gasteiger partial charge in [0.15, 0.2) is 0 Å². The lowest BCUT2D eigenvalue weighted by Crippen LogP contribution is -2.35. The maximum Gasteiger partial charge on any atom is 0.123 e. The predicted molar refractivity (Wildman–Crippen MR) is 75.4 cm³/mol. The van der Waals surface area contributed by atoms with Crippen LogP contribution in [0.25, 0.3) is 0 Å². The Kier molecular flexibility index (Phi) is 5.76. The predicted octanol–water partition coefficient (Wildman–Crippen LogP) is 2.47. The molecule has 0 amide bonds. The number of ether oxygens (including phenoxy) is 1. The van der Waals surface area contributed by atoms with Crippen LogP contribution in [-0.4, -0.2) is 31.0 Å². The van der Waals surface area contributed by atoms with E-state index in [9.17, 15) is 9.50 Å². The van der Waals surface area contributed by atoms with E-state index in [0.717, 1.165) is 36.1 Å². The Bertz CT molecular complexity index is 410. The van der Waals surface area contributed by atoms with E-state index in [-0.39, 0.29) is 11.9 Å². The molecule has 106 valence electrons. The Morgan fingerprint density at radius 1 is 1.42 bits per heavy atom. The van der Waals surface area contributed by atoms with Crippen molar-refractivity contribution in [3.05, 3.63) is 34.1 Å². The van der Waals surface area contributed by atoms with Crippen LogP contribution in [0.5, 0.6) is 0 Å². The van der Waals surface area contributed by atoms with Gasteiger partial charge in [-0.15, -0.1) is 0 Å². The van der Waals surface area contributed by atoms with Crippen LogP contribution in [0.3, 0.4) is 0 Å². The summed E-state index contributed by atoms with van der Waals surface area (Å²) >= 11 is 3.39. The normalized spacial score (nSPS) is 18.5.